The molecule has 0 unspecified atom stereocenters. The van der Waals surface area contributed by atoms with E-state index in [1.54, 1.807) is 0 Å². The van der Waals surface area contributed by atoms with E-state index in [4.69, 9.17) is 5.11 Å². The van der Waals surface area contributed by atoms with Gasteiger partial charge in [0.15, 0.2) is 0 Å². The Morgan fingerprint density at radius 2 is 1.90 bits per heavy atom. The third-order valence-electron chi connectivity index (χ3n) is 0.564. The molecule has 0 rings (SSSR count). The van der Waals surface area contributed by atoms with Crippen LogP contribution in [0.1, 0.15) is 13.3 Å². The topological polar surface area (TPSA) is 54.4 Å². The molecule has 1 N–H and O–H groups in total. The maximum Gasteiger partial charge on any atom is 1.00 e. The summed E-state index contributed by atoms with van der Waals surface area (Å²) in [6.45, 7) is 1.32. The first-order valence-electron chi connectivity index (χ1n) is 2.18. The van der Waals surface area contributed by atoms with Crippen molar-refractivity contribution in [2.45, 2.75) is 13.3 Å². The molecular formula is C6H10KO3-. The molecule has 0 fully saturated rings. The van der Waals surface area contributed by atoms with Gasteiger partial charge >= 0.3 is 51.4 Å². The Bertz CT molecular complexity index is 97.6. The molecule has 0 bridgehead atoms. The summed E-state index contributed by atoms with van der Waals surface area (Å²) in [5.74, 6) is -1.17. The van der Waals surface area contributed by atoms with E-state index < -0.39 is 5.97 Å². The second-order valence-corrected chi connectivity index (χ2v) is 1.41. The molecule has 10 heavy (non-hydrogen) atoms. The summed E-state index contributed by atoms with van der Waals surface area (Å²) in [6.07, 6.45) is 0.956. The van der Waals surface area contributed by atoms with Gasteiger partial charge in [0.2, 0.25) is 0 Å². The normalized spacial score (nSPS) is 6.50. The fourth-order valence-corrected chi connectivity index (χ4v) is 0.231. The van der Waals surface area contributed by atoms with Gasteiger partial charge in [0.25, 0.3) is 5.97 Å². The zero-order chi connectivity index (χ0) is 6.57. The van der Waals surface area contributed by atoms with Gasteiger partial charge in [-0.3, -0.25) is 4.79 Å². The van der Waals surface area contributed by atoms with Crippen LogP contribution in [0.2, 0.25) is 0 Å². The van der Waals surface area contributed by atoms with Crippen LogP contribution < -0.4 is 51.4 Å². The van der Waals surface area contributed by atoms with Crippen LogP contribution in [0.25, 0.3) is 0 Å². The van der Waals surface area contributed by atoms with Gasteiger partial charge in [-0.2, -0.15) is 0 Å². The number of carbonyl (C=O) groups is 2. The fraction of sp³-hybridized carbons (Fsp3) is 0.333. The molecule has 0 amide bonds. The third-order valence-corrected chi connectivity index (χ3v) is 0.564. The van der Waals surface area contributed by atoms with Crippen molar-refractivity contribution in [3.8, 4) is 0 Å². The van der Waals surface area contributed by atoms with Crippen molar-refractivity contribution in [2.24, 2.45) is 0 Å². The molecule has 0 radical (unpaired) electrons. The molecule has 0 aromatic carbocycles. The Morgan fingerprint density at radius 3 is 2.00 bits per heavy atom. The maximum atomic E-state index is 10.0. The summed E-state index contributed by atoms with van der Waals surface area (Å²) in [5, 5.41) is 7.98. The molecule has 0 saturated heterocycles. The molecule has 4 heteroatoms. The standard InChI is InChI=1S/C5H7O3.CH3.K/c1-4(6)2-3-5(7)8;;/h2H,3H2,1H3,(H,7,8);1H3;/q2*-1;+1. The smallest absolute Gasteiger partial charge is 0.483 e. The summed E-state index contributed by atoms with van der Waals surface area (Å²) in [6, 6.07) is 0. The summed E-state index contributed by atoms with van der Waals surface area (Å²) in [5.41, 5.74) is 0. The predicted octanol–water partition coefficient (Wildman–Crippen LogP) is -2.29. The summed E-state index contributed by atoms with van der Waals surface area (Å²) < 4.78 is 0. The molecule has 0 aliphatic carbocycles. The zero-order valence-electron chi connectivity index (χ0n) is 6.55. The van der Waals surface area contributed by atoms with Crippen LogP contribution in [0.3, 0.4) is 0 Å². The van der Waals surface area contributed by atoms with Crippen LogP contribution in [0.5, 0.6) is 0 Å². The Hall–Kier alpha value is 0.646. The van der Waals surface area contributed by atoms with Crippen LogP contribution in [0, 0.1) is 13.8 Å². The van der Waals surface area contributed by atoms with E-state index in [1.807, 2.05) is 0 Å². The first-order valence-corrected chi connectivity index (χ1v) is 2.18. The maximum absolute atomic E-state index is 10.0. The predicted molar refractivity (Wildman–Crippen MR) is 33.6 cm³/mol. The summed E-state index contributed by atoms with van der Waals surface area (Å²) in [7, 11) is 0. The van der Waals surface area contributed by atoms with Gasteiger partial charge in [-0.05, 0) is 12.7 Å². The van der Waals surface area contributed by atoms with E-state index in [0.717, 1.165) is 6.42 Å². The fourth-order valence-electron chi connectivity index (χ4n) is 0.231. The minimum Gasteiger partial charge on any atom is -0.483 e. The van der Waals surface area contributed by atoms with Crippen molar-refractivity contribution in [2.75, 3.05) is 0 Å². The number of hydrogen-bond acceptors (Lipinski definition) is 2. The van der Waals surface area contributed by atoms with Crippen molar-refractivity contribution in [1.82, 2.24) is 0 Å². The van der Waals surface area contributed by atoms with Crippen molar-refractivity contribution in [1.29, 1.82) is 0 Å². The quantitative estimate of drug-likeness (QED) is 0.382. The van der Waals surface area contributed by atoms with E-state index in [9.17, 15) is 9.59 Å². The van der Waals surface area contributed by atoms with Crippen LogP contribution in [0.4, 0.5) is 0 Å². The van der Waals surface area contributed by atoms with Crippen LogP contribution >= 0.6 is 0 Å². The minimum absolute atomic E-state index is 0. The number of carbonyl (C=O) groups excluding carboxylic acids is 1. The van der Waals surface area contributed by atoms with Gasteiger partial charge < -0.3 is 23.7 Å². The Morgan fingerprint density at radius 1 is 1.50 bits per heavy atom. The molecule has 0 aromatic rings. The van der Waals surface area contributed by atoms with Crippen molar-refractivity contribution >= 4 is 11.8 Å². The van der Waals surface area contributed by atoms with Crippen molar-refractivity contribution < 1.29 is 66.1 Å². The van der Waals surface area contributed by atoms with Gasteiger partial charge in [0.1, 0.15) is 0 Å². The molecule has 0 aliphatic rings. The van der Waals surface area contributed by atoms with E-state index in [1.165, 1.54) is 6.92 Å². The zero-order valence-corrected chi connectivity index (χ0v) is 9.67. The average Bonchev–Trinajstić information content (AvgIpc) is 1.61. The van der Waals surface area contributed by atoms with Crippen molar-refractivity contribution in [3.63, 3.8) is 0 Å². The molecule has 3 nitrogen and oxygen atoms in total. The SMILES string of the molecule is CC(=O)[CH-]CC(=O)O.[CH3-].[K+]. The van der Waals surface area contributed by atoms with E-state index >= 15 is 0 Å². The van der Waals surface area contributed by atoms with E-state index in [2.05, 4.69) is 0 Å². The average molecular weight is 169 g/mol. The molecule has 0 saturated carbocycles. The Kier molecular flexibility index (Phi) is 16.3. The van der Waals surface area contributed by atoms with Gasteiger partial charge in [0.05, 0.1) is 0 Å². The molecule has 54 valence electrons. The van der Waals surface area contributed by atoms with Crippen LogP contribution in [0.15, 0.2) is 0 Å². The third kappa shape index (κ3) is 15.9. The Balaban J connectivity index is -0.000000245. The molecule has 0 atom stereocenters. The van der Waals surface area contributed by atoms with Gasteiger partial charge in [-0.15, -0.1) is 0 Å². The Labute approximate surface area is 104 Å². The molecule has 0 heterocycles. The number of hydrogen-bond donors (Lipinski definition) is 1. The largest absolute Gasteiger partial charge is 1.00 e. The van der Waals surface area contributed by atoms with E-state index in [0.29, 0.717) is 0 Å². The molecule has 0 spiro atoms. The number of Topliss-reactive ketones (excluding diaryl/α,β-unsaturated/α-hetero) is 1. The van der Waals surface area contributed by atoms with Gasteiger partial charge in [-0.1, -0.05) is 6.42 Å². The summed E-state index contributed by atoms with van der Waals surface area (Å²) >= 11 is 0. The number of aliphatic carboxylic acids is 1. The van der Waals surface area contributed by atoms with Gasteiger partial charge in [0, 0.05) is 0 Å². The van der Waals surface area contributed by atoms with Crippen LogP contribution in [-0.4, -0.2) is 16.9 Å². The first kappa shape index (κ1) is 16.9. The summed E-state index contributed by atoms with van der Waals surface area (Å²) in [4.78, 5) is 19.7. The number of ketones is 1. The molecule has 0 aromatic heterocycles. The van der Waals surface area contributed by atoms with E-state index in [-0.39, 0.29) is 71.0 Å². The number of carboxylic acid groups (broad SMARTS) is 1. The second kappa shape index (κ2) is 9.65. The first-order chi connectivity index (χ1) is 3.63. The number of rotatable bonds is 3. The number of carboxylic acids is 1. The molecular weight excluding hydrogens is 159 g/mol. The minimum atomic E-state index is -0.972. The molecule has 0 aliphatic heterocycles. The van der Waals surface area contributed by atoms with Crippen molar-refractivity contribution in [3.05, 3.63) is 13.8 Å². The van der Waals surface area contributed by atoms with Crippen LogP contribution in [-0.2, 0) is 9.59 Å². The second-order valence-electron chi connectivity index (χ2n) is 1.41. The monoisotopic (exact) mass is 169 g/mol. The van der Waals surface area contributed by atoms with Gasteiger partial charge in [-0.25, -0.2) is 0 Å².